The average Bonchev–Trinajstić information content (AvgIpc) is 3.64. The highest BCUT2D eigenvalue weighted by Gasteiger charge is 2.59. The van der Waals surface area contributed by atoms with E-state index in [1.807, 2.05) is 4.90 Å². The van der Waals surface area contributed by atoms with Gasteiger partial charge in [0.25, 0.3) is 5.91 Å². The van der Waals surface area contributed by atoms with Gasteiger partial charge in [-0.1, -0.05) is 0 Å². The van der Waals surface area contributed by atoms with Crippen LogP contribution in [0.2, 0.25) is 0 Å². The number of hydrazine groups is 2. The summed E-state index contributed by atoms with van der Waals surface area (Å²) in [5, 5.41) is 0.527. The first-order valence-corrected chi connectivity index (χ1v) is 13.4. The Morgan fingerprint density at radius 1 is 0.921 bits per heavy atom. The molecule has 3 unspecified atom stereocenters. The minimum Gasteiger partial charge on any atom is -0.406 e. The largest absolute Gasteiger partial charge is 0.573 e. The molecule has 4 heterocycles. The van der Waals surface area contributed by atoms with Gasteiger partial charge >= 0.3 is 6.36 Å². The van der Waals surface area contributed by atoms with Crippen LogP contribution in [0.3, 0.4) is 0 Å². The van der Waals surface area contributed by atoms with Crippen molar-refractivity contribution in [2.24, 2.45) is 36.6 Å². The molecule has 12 heteroatoms. The molecule has 1 aromatic heterocycles. The van der Waals surface area contributed by atoms with Crippen LogP contribution in [0.1, 0.15) is 29.8 Å². The molecule has 0 radical (unpaired) electrons. The number of hydrogen-bond donors (Lipinski definition) is 3. The van der Waals surface area contributed by atoms with Crippen molar-refractivity contribution in [3.63, 3.8) is 0 Å². The Hall–Kier alpha value is -2.83. The Bertz CT molecular complexity index is 1280. The van der Waals surface area contributed by atoms with Gasteiger partial charge in [-0.2, -0.15) is 5.53 Å². The predicted octanol–water partition coefficient (Wildman–Crippen LogP) is 2.00. The van der Waals surface area contributed by atoms with Crippen LogP contribution in [-0.2, 0) is 11.8 Å². The fourth-order valence-corrected chi connectivity index (χ4v) is 7.82. The van der Waals surface area contributed by atoms with Crippen molar-refractivity contribution in [3.8, 4) is 5.75 Å². The number of fused-ring (bicyclic) bond motifs is 6. The molecule has 3 N–H and O–H groups in total. The van der Waals surface area contributed by atoms with E-state index >= 15 is 0 Å². The molecule has 2 amide bonds. The molecule has 5 aliphatic rings. The highest BCUT2D eigenvalue weighted by molar-refractivity contribution is 5.99. The second kappa shape index (κ2) is 8.59. The molecule has 38 heavy (non-hydrogen) atoms. The summed E-state index contributed by atoms with van der Waals surface area (Å²) in [5.41, 5.74) is 10.6. The maximum Gasteiger partial charge on any atom is 0.573 e. The maximum atomic E-state index is 13.5. The number of aromatic nitrogens is 1. The van der Waals surface area contributed by atoms with E-state index in [-0.39, 0.29) is 29.5 Å². The Morgan fingerprint density at radius 3 is 2.26 bits per heavy atom. The van der Waals surface area contributed by atoms with Crippen molar-refractivity contribution in [1.82, 2.24) is 30.8 Å². The number of aryl methyl sites for hydroxylation is 1. The summed E-state index contributed by atoms with van der Waals surface area (Å²) in [6.07, 6.45) is -2.03. The zero-order valence-corrected chi connectivity index (χ0v) is 21.0. The first-order chi connectivity index (χ1) is 18.2. The van der Waals surface area contributed by atoms with Gasteiger partial charge in [-0.25, -0.2) is 10.9 Å². The third-order valence-corrected chi connectivity index (χ3v) is 9.70. The lowest BCUT2D eigenvalue weighted by atomic mass is 9.60. The molecule has 2 aliphatic carbocycles. The molecule has 204 valence electrons. The lowest BCUT2D eigenvalue weighted by molar-refractivity contribution is -0.274. The number of nitrogens with one attached hydrogen (secondary N) is 3. The maximum absolute atomic E-state index is 13.5. The van der Waals surface area contributed by atoms with Gasteiger partial charge in [-0.3, -0.25) is 9.59 Å². The predicted molar refractivity (Wildman–Crippen MR) is 130 cm³/mol. The SMILES string of the molecule is Cn1c(C(=O)N2C[C@@H]3[C@H](C2)[C@H]2CN(C(=O)C4CCC5NNNC5C4)C[C@@H]32)cc2cc(OC(F)(F)F)ccc21. The number of rotatable bonds is 3. The number of nitrogens with zero attached hydrogens (tertiary/aromatic N) is 3. The highest BCUT2D eigenvalue weighted by Crippen LogP contribution is 2.54. The summed E-state index contributed by atoms with van der Waals surface area (Å²) in [7, 11) is 1.75. The molecule has 0 bridgehead atoms. The van der Waals surface area contributed by atoms with Gasteiger partial charge in [-0.15, -0.1) is 13.2 Å². The zero-order chi connectivity index (χ0) is 26.3. The molecule has 2 saturated carbocycles. The van der Waals surface area contributed by atoms with Crippen LogP contribution in [-0.4, -0.2) is 70.8 Å². The summed E-state index contributed by atoms with van der Waals surface area (Å²) in [6.45, 7) is 2.87. The summed E-state index contributed by atoms with van der Waals surface area (Å²) in [5.74, 6) is 1.58. The normalized spacial score (nSPS) is 34.2. The minimum absolute atomic E-state index is 0.0642. The standard InChI is InChI=1S/C26H31F3N6O3/c1-33-22-5-3-15(38-26(27,28)29)6-14(22)8-23(33)25(37)35-11-18-16-9-34(10-17(16)19(18)12-35)24(36)13-2-4-20-21(7-13)31-32-30-20/h3,5-6,8,13,16-21,30-32H,2,4,7,9-12H2,1H3/t13?,16-,17+,18+,19-,20?,21?. The van der Waals surface area contributed by atoms with Gasteiger partial charge in [0.2, 0.25) is 5.91 Å². The molecule has 2 aromatic rings. The number of ether oxygens (including phenoxy) is 1. The van der Waals surface area contributed by atoms with E-state index in [1.165, 1.54) is 12.1 Å². The number of halogens is 3. The third-order valence-electron chi connectivity index (χ3n) is 9.70. The Kier molecular flexibility index (Phi) is 5.47. The lowest BCUT2D eigenvalue weighted by Gasteiger charge is -2.42. The monoisotopic (exact) mass is 532 g/mol. The number of amides is 2. The molecule has 3 saturated heterocycles. The molecule has 3 aliphatic heterocycles. The number of carbonyl (C=O) groups excluding carboxylic acids is 2. The van der Waals surface area contributed by atoms with Crippen molar-refractivity contribution >= 4 is 22.7 Å². The van der Waals surface area contributed by atoms with Crippen LogP contribution in [0.15, 0.2) is 24.3 Å². The van der Waals surface area contributed by atoms with E-state index in [4.69, 9.17) is 0 Å². The molecular weight excluding hydrogens is 501 g/mol. The quantitative estimate of drug-likeness (QED) is 0.561. The van der Waals surface area contributed by atoms with E-state index < -0.39 is 6.36 Å². The molecule has 9 nitrogen and oxygen atoms in total. The van der Waals surface area contributed by atoms with E-state index in [1.54, 1.807) is 23.7 Å². The summed E-state index contributed by atoms with van der Waals surface area (Å²) >= 11 is 0. The van der Waals surface area contributed by atoms with E-state index in [9.17, 15) is 22.8 Å². The number of likely N-dealkylation sites (tertiary alicyclic amines) is 2. The minimum atomic E-state index is -4.77. The van der Waals surface area contributed by atoms with Gasteiger partial charge in [0, 0.05) is 62.1 Å². The Labute approximate surface area is 217 Å². The van der Waals surface area contributed by atoms with Crippen LogP contribution in [0.25, 0.3) is 10.9 Å². The number of hydrogen-bond acceptors (Lipinski definition) is 6. The molecule has 1 aromatic carbocycles. The first-order valence-electron chi connectivity index (χ1n) is 13.4. The topological polar surface area (TPSA) is 90.9 Å². The second-order valence-electron chi connectivity index (χ2n) is 11.6. The molecule has 5 fully saturated rings. The smallest absolute Gasteiger partial charge is 0.406 e. The van der Waals surface area contributed by atoms with Crippen molar-refractivity contribution < 1.29 is 27.5 Å². The molecular formula is C26H31F3N6O3. The number of carbonyl (C=O) groups is 2. The fraction of sp³-hybridized carbons (Fsp3) is 0.615. The van der Waals surface area contributed by atoms with Crippen LogP contribution in [0.4, 0.5) is 13.2 Å². The number of benzene rings is 1. The van der Waals surface area contributed by atoms with Crippen molar-refractivity contribution in [1.29, 1.82) is 0 Å². The Balaban J connectivity index is 0.999. The van der Waals surface area contributed by atoms with Crippen molar-refractivity contribution in [2.45, 2.75) is 37.7 Å². The fourth-order valence-electron chi connectivity index (χ4n) is 7.82. The third kappa shape index (κ3) is 3.87. The van der Waals surface area contributed by atoms with E-state index in [2.05, 4.69) is 26.0 Å². The summed E-state index contributed by atoms with van der Waals surface area (Å²) in [6, 6.07) is 6.42. The molecule has 7 rings (SSSR count). The van der Waals surface area contributed by atoms with Gasteiger partial charge in [0.05, 0.1) is 0 Å². The van der Waals surface area contributed by atoms with E-state index in [0.717, 1.165) is 32.4 Å². The van der Waals surface area contributed by atoms with Crippen LogP contribution in [0, 0.1) is 29.6 Å². The van der Waals surface area contributed by atoms with Crippen LogP contribution in [0.5, 0.6) is 5.75 Å². The zero-order valence-electron chi connectivity index (χ0n) is 21.0. The second-order valence-corrected chi connectivity index (χ2v) is 11.6. The highest BCUT2D eigenvalue weighted by atomic mass is 19.4. The Morgan fingerprint density at radius 2 is 1.58 bits per heavy atom. The molecule has 7 atom stereocenters. The van der Waals surface area contributed by atoms with E-state index in [0.29, 0.717) is 59.4 Å². The van der Waals surface area contributed by atoms with Crippen LogP contribution >= 0.6 is 0 Å². The number of alkyl halides is 3. The summed E-state index contributed by atoms with van der Waals surface area (Å²) in [4.78, 5) is 30.8. The lowest BCUT2D eigenvalue weighted by Crippen LogP contribution is -2.45. The van der Waals surface area contributed by atoms with Gasteiger partial charge in [0.1, 0.15) is 11.4 Å². The van der Waals surface area contributed by atoms with Gasteiger partial charge in [0.15, 0.2) is 0 Å². The van der Waals surface area contributed by atoms with Crippen molar-refractivity contribution in [3.05, 3.63) is 30.0 Å². The van der Waals surface area contributed by atoms with Gasteiger partial charge < -0.3 is 19.1 Å². The molecule has 0 spiro atoms. The van der Waals surface area contributed by atoms with Gasteiger partial charge in [-0.05, 0) is 67.2 Å². The van der Waals surface area contributed by atoms with Crippen LogP contribution < -0.4 is 21.1 Å². The first kappa shape index (κ1) is 24.2. The average molecular weight is 533 g/mol. The summed E-state index contributed by atoms with van der Waals surface area (Å²) < 4.78 is 43.7. The van der Waals surface area contributed by atoms with Crippen molar-refractivity contribution in [2.75, 3.05) is 26.2 Å².